The zero-order chi connectivity index (χ0) is 14.7. The highest BCUT2D eigenvalue weighted by Crippen LogP contribution is 2.35. The second-order valence-corrected chi connectivity index (χ2v) is 5.16. The maximum absolute atomic E-state index is 5.70. The van der Waals surface area contributed by atoms with Gasteiger partial charge < -0.3 is 14.5 Å². The summed E-state index contributed by atoms with van der Waals surface area (Å²) in [5, 5.41) is 3.50. The summed E-state index contributed by atoms with van der Waals surface area (Å²) in [6.07, 6.45) is 1.74. The van der Waals surface area contributed by atoms with Crippen LogP contribution in [0.3, 0.4) is 0 Å². The van der Waals surface area contributed by atoms with E-state index in [1.165, 1.54) is 11.1 Å². The Bertz CT molecular complexity index is 587. The van der Waals surface area contributed by atoms with E-state index >= 15 is 0 Å². The highest BCUT2D eigenvalue weighted by atomic mass is 16.5. The van der Waals surface area contributed by atoms with E-state index in [0.29, 0.717) is 0 Å². The summed E-state index contributed by atoms with van der Waals surface area (Å²) >= 11 is 0. The molecule has 0 saturated carbocycles. The van der Waals surface area contributed by atoms with Gasteiger partial charge >= 0.3 is 0 Å². The van der Waals surface area contributed by atoms with Crippen LogP contribution >= 0.6 is 0 Å². The Labute approximate surface area is 121 Å². The predicted octanol–water partition coefficient (Wildman–Crippen LogP) is 3.91. The molecule has 0 spiro atoms. The van der Waals surface area contributed by atoms with Crippen molar-refractivity contribution in [2.75, 3.05) is 13.7 Å². The fraction of sp³-hybridized carbons (Fsp3) is 0.412. The molecule has 20 heavy (non-hydrogen) atoms. The molecule has 2 aromatic rings. The number of furan rings is 1. The number of aryl methyl sites for hydroxylation is 3. The Hall–Kier alpha value is -1.74. The minimum atomic E-state index is 0.0190. The van der Waals surface area contributed by atoms with Gasteiger partial charge in [0.15, 0.2) is 0 Å². The first kappa shape index (κ1) is 14.7. The van der Waals surface area contributed by atoms with Crippen molar-refractivity contribution in [2.45, 2.75) is 33.7 Å². The van der Waals surface area contributed by atoms with E-state index in [1.807, 2.05) is 6.07 Å². The highest BCUT2D eigenvalue weighted by molar-refractivity contribution is 5.48. The Morgan fingerprint density at radius 1 is 1.20 bits per heavy atom. The van der Waals surface area contributed by atoms with Crippen LogP contribution < -0.4 is 10.1 Å². The van der Waals surface area contributed by atoms with Crippen molar-refractivity contribution in [1.29, 1.82) is 0 Å². The molecule has 1 heterocycles. The van der Waals surface area contributed by atoms with Crippen molar-refractivity contribution in [2.24, 2.45) is 0 Å². The third kappa shape index (κ3) is 2.73. The first-order valence-corrected chi connectivity index (χ1v) is 7.01. The third-order valence-corrected chi connectivity index (χ3v) is 3.57. The van der Waals surface area contributed by atoms with E-state index in [9.17, 15) is 0 Å². The summed E-state index contributed by atoms with van der Waals surface area (Å²) < 4.78 is 11.3. The smallest absolute Gasteiger partial charge is 0.128 e. The lowest BCUT2D eigenvalue weighted by molar-refractivity contribution is 0.392. The second-order valence-electron chi connectivity index (χ2n) is 5.16. The molecule has 0 aliphatic heterocycles. The molecule has 0 aliphatic rings. The van der Waals surface area contributed by atoms with E-state index in [0.717, 1.165) is 29.2 Å². The SMILES string of the molecule is CCNC(c1occc1C)c1c(C)cc(C)cc1OC. The third-order valence-electron chi connectivity index (χ3n) is 3.57. The first-order chi connectivity index (χ1) is 9.58. The fourth-order valence-corrected chi connectivity index (χ4v) is 2.69. The van der Waals surface area contributed by atoms with Gasteiger partial charge in [0.25, 0.3) is 0 Å². The fourth-order valence-electron chi connectivity index (χ4n) is 2.69. The lowest BCUT2D eigenvalue weighted by atomic mass is 9.95. The van der Waals surface area contributed by atoms with Crippen molar-refractivity contribution >= 4 is 0 Å². The van der Waals surface area contributed by atoms with Crippen LogP contribution in [-0.4, -0.2) is 13.7 Å². The Morgan fingerprint density at radius 2 is 1.95 bits per heavy atom. The lowest BCUT2D eigenvalue weighted by Gasteiger charge is -2.22. The van der Waals surface area contributed by atoms with Crippen LogP contribution in [0.5, 0.6) is 5.75 Å². The minimum absolute atomic E-state index is 0.0190. The number of rotatable bonds is 5. The van der Waals surface area contributed by atoms with Crippen molar-refractivity contribution in [3.63, 3.8) is 0 Å². The Balaban J connectivity index is 2.58. The lowest BCUT2D eigenvalue weighted by Crippen LogP contribution is -2.23. The summed E-state index contributed by atoms with van der Waals surface area (Å²) in [6, 6.07) is 6.27. The van der Waals surface area contributed by atoms with Crippen LogP contribution in [0.1, 0.15) is 41.0 Å². The molecular formula is C17H23NO2. The van der Waals surface area contributed by atoms with Gasteiger partial charge in [-0.25, -0.2) is 0 Å². The quantitative estimate of drug-likeness (QED) is 0.896. The molecule has 0 fully saturated rings. The van der Waals surface area contributed by atoms with Gasteiger partial charge in [-0.15, -0.1) is 0 Å². The van der Waals surface area contributed by atoms with Gasteiger partial charge in [-0.05, 0) is 56.1 Å². The number of benzene rings is 1. The van der Waals surface area contributed by atoms with Crippen LogP contribution in [0.25, 0.3) is 0 Å². The van der Waals surface area contributed by atoms with Crippen molar-refractivity contribution in [3.05, 3.63) is 52.5 Å². The molecular weight excluding hydrogens is 250 g/mol. The van der Waals surface area contributed by atoms with Crippen LogP contribution in [0.15, 0.2) is 28.9 Å². The molecule has 1 N–H and O–H groups in total. The summed E-state index contributed by atoms with van der Waals surface area (Å²) in [4.78, 5) is 0. The van der Waals surface area contributed by atoms with Gasteiger partial charge in [0.05, 0.1) is 19.4 Å². The van der Waals surface area contributed by atoms with Crippen molar-refractivity contribution < 1.29 is 9.15 Å². The average molecular weight is 273 g/mol. The second kappa shape index (κ2) is 6.14. The molecule has 0 bridgehead atoms. The normalized spacial score (nSPS) is 12.4. The summed E-state index contributed by atoms with van der Waals surface area (Å²) in [5.41, 5.74) is 4.72. The molecule has 1 aromatic carbocycles. The van der Waals surface area contributed by atoms with Crippen LogP contribution in [-0.2, 0) is 0 Å². The summed E-state index contributed by atoms with van der Waals surface area (Å²) in [7, 11) is 1.72. The van der Waals surface area contributed by atoms with Crippen LogP contribution in [0, 0.1) is 20.8 Å². The van der Waals surface area contributed by atoms with Gasteiger partial charge in [0, 0.05) is 5.56 Å². The summed E-state index contributed by atoms with van der Waals surface area (Å²) in [6.45, 7) is 9.23. The molecule has 0 aliphatic carbocycles. The van der Waals surface area contributed by atoms with Gasteiger partial charge in [0.2, 0.25) is 0 Å². The molecule has 1 aromatic heterocycles. The van der Waals surface area contributed by atoms with E-state index in [-0.39, 0.29) is 6.04 Å². The first-order valence-electron chi connectivity index (χ1n) is 7.01. The van der Waals surface area contributed by atoms with Gasteiger partial charge in [-0.2, -0.15) is 0 Å². The zero-order valence-corrected chi connectivity index (χ0v) is 12.9. The number of nitrogens with one attached hydrogen (secondary N) is 1. The standard InChI is InChI=1S/C17H23NO2/c1-6-18-16(17-12(3)7-8-20-17)15-13(4)9-11(2)10-14(15)19-5/h7-10,16,18H,6H2,1-5H3. The van der Waals surface area contributed by atoms with Crippen LogP contribution in [0.2, 0.25) is 0 Å². The van der Waals surface area contributed by atoms with Gasteiger partial charge in [0.1, 0.15) is 11.5 Å². The van der Waals surface area contributed by atoms with Gasteiger partial charge in [-0.1, -0.05) is 13.0 Å². The predicted molar refractivity (Wildman–Crippen MR) is 81.4 cm³/mol. The van der Waals surface area contributed by atoms with Gasteiger partial charge in [-0.3, -0.25) is 0 Å². The average Bonchev–Trinajstić information content (AvgIpc) is 2.82. The maximum Gasteiger partial charge on any atom is 0.128 e. The topological polar surface area (TPSA) is 34.4 Å². The number of hydrogen-bond acceptors (Lipinski definition) is 3. The van der Waals surface area contributed by atoms with E-state index in [1.54, 1.807) is 13.4 Å². The van der Waals surface area contributed by atoms with Crippen molar-refractivity contribution in [3.8, 4) is 5.75 Å². The summed E-state index contributed by atoms with van der Waals surface area (Å²) in [5.74, 6) is 1.86. The monoisotopic (exact) mass is 273 g/mol. The molecule has 1 atom stereocenters. The van der Waals surface area contributed by atoms with E-state index in [4.69, 9.17) is 9.15 Å². The van der Waals surface area contributed by atoms with E-state index in [2.05, 4.69) is 45.1 Å². The maximum atomic E-state index is 5.70. The highest BCUT2D eigenvalue weighted by Gasteiger charge is 2.24. The molecule has 0 amide bonds. The molecule has 0 radical (unpaired) electrons. The molecule has 108 valence electrons. The molecule has 3 heteroatoms. The molecule has 2 rings (SSSR count). The van der Waals surface area contributed by atoms with E-state index < -0.39 is 0 Å². The Morgan fingerprint density at radius 3 is 2.50 bits per heavy atom. The largest absolute Gasteiger partial charge is 0.496 e. The van der Waals surface area contributed by atoms with Crippen molar-refractivity contribution in [1.82, 2.24) is 5.32 Å². The zero-order valence-electron chi connectivity index (χ0n) is 12.9. The Kier molecular flexibility index (Phi) is 4.50. The number of ether oxygens (including phenoxy) is 1. The molecule has 1 unspecified atom stereocenters. The molecule has 0 saturated heterocycles. The number of hydrogen-bond donors (Lipinski definition) is 1. The molecule has 3 nitrogen and oxygen atoms in total. The van der Waals surface area contributed by atoms with Crippen LogP contribution in [0.4, 0.5) is 0 Å². The minimum Gasteiger partial charge on any atom is -0.496 e. The number of methoxy groups -OCH3 is 1.